The molecule has 4 aromatic rings. The van der Waals surface area contributed by atoms with Crippen molar-refractivity contribution in [1.29, 1.82) is 0 Å². The summed E-state index contributed by atoms with van der Waals surface area (Å²) < 4.78 is 11.8. The number of furan rings is 1. The average molecular weight is 447 g/mol. The summed E-state index contributed by atoms with van der Waals surface area (Å²) in [5.41, 5.74) is 13.7. The number of carbonyl (C=O) groups excluding carboxylic acids is 1. The first-order chi connectivity index (χ1) is 15.9. The van der Waals surface area contributed by atoms with Gasteiger partial charge in [-0.2, -0.15) is 0 Å². The first-order valence-electron chi connectivity index (χ1n) is 10.8. The Hall–Kier alpha value is -4.13. The quantitative estimate of drug-likeness (QED) is 0.173. The molecule has 33 heavy (non-hydrogen) atoms. The van der Waals surface area contributed by atoms with Gasteiger partial charge in [0, 0.05) is 29.9 Å². The monoisotopic (exact) mass is 446 g/mol. The van der Waals surface area contributed by atoms with E-state index in [2.05, 4.69) is 0 Å². The van der Waals surface area contributed by atoms with Crippen LogP contribution < -0.4 is 16.2 Å². The predicted octanol–water partition coefficient (Wildman–Crippen LogP) is 4.81. The van der Waals surface area contributed by atoms with Gasteiger partial charge in [-0.05, 0) is 30.2 Å². The number of phenols is 2. The largest absolute Gasteiger partial charge is 0.504 e. The molecule has 1 aromatic heterocycles. The molecule has 0 fully saturated rings. The molecule has 0 radical (unpaired) electrons. The molecule has 1 heterocycles. The summed E-state index contributed by atoms with van der Waals surface area (Å²) in [7, 11) is 0. The Morgan fingerprint density at radius 2 is 1.70 bits per heavy atom. The van der Waals surface area contributed by atoms with Crippen molar-refractivity contribution in [2.45, 2.75) is 26.2 Å². The summed E-state index contributed by atoms with van der Waals surface area (Å²) in [6.07, 6.45) is 1.97. The maximum Gasteiger partial charge on any atom is 0.197 e. The molecule has 0 aliphatic rings. The smallest absolute Gasteiger partial charge is 0.197 e. The van der Waals surface area contributed by atoms with Gasteiger partial charge in [0.1, 0.15) is 11.3 Å². The number of hydrogen-bond acceptors (Lipinski definition) is 7. The topological polar surface area (TPSA) is 132 Å². The summed E-state index contributed by atoms with van der Waals surface area (Å²) in [6, 6.07) is 15.7. The lowest BCUT2D eigenvalue weighted by Crippen LogP contribution is -2.06. The van der Waals surface area contributed by atoms with E-state index >= 15 is 0 Å². The lowest BCUT2D eigenvalue weighted by atomic mass is 9.97. The van der Waals surface area contributed by atoms with E-state index in [1.165, 1.54) is 18.2 Å². The van der Waals surface area contributed by atoms with Crippen LogP contribution in [0.4, 0.5) is 11.4 Å². The van der Waals surface area contributed by atoms with Gasteiger partial charge in [-0.15, -0.1) is 0 Å². The van der Waals surface area contributed by atoms with Gasteiger partial charge < -0.3 is 30.8 Å². The Morgan fingerprint density at radius 3 is 2.36 bits per heavy atom. The molecule has 3 aromatic carbocycles. The third kappa shape index (κ3) is 4.43. The van der Waals surface area contributed by atoms with Crippen LogP contribution in [0, 0.1) is 0 Å². The van der Waals surface area contributed by atoms with Crippen molar-refractivity contribution in [2.24, 2.45) is 0 Å². The summed E-state index contributed by atoms with van der Waals surface area (Å²) in [4.78, 5) is 13.4. The van der Waals surface area contributed by atoms with E-state index in [0.717, 1.165) is 12.0 Å². The number of anilines is 2. The zero-order chi connectivity index (χ0) is 23.5. The number of phenolic OH excluding ortho intramolecular Hbond substituents is 2. The number of nitrogens with two attached hydrogens (primary N) is 2. The highest BCUT2D eigenvalue weighted by Crippen LogP contribution is 2.38. The molecule has 0 unspecified atom stereocenters. The van der Waals surface area contributed by atoms with Gasteiger partial charge in [-0.3, -0.25) is 4.79 Å². The van der Waals surface area contributed by atoms with Gasteiger partial charge in [-0.25, -0.2) is 0 Å². The van der Waals surface area contributed by atoms with E-state index in [1.54, 1.807) is 6.07 Å². The van der Waals surface area contributed by atoms with Gasteiger partial charge in [0.25, 0.3) is 0 Å². The second-order valence-electron chi connectivity index (χ2n) is 7.88. The molecule has 7 heteroatoms. The van der Waals surface area contributed by atoms with E-state index < -0.39 is 0 Å². The minimum absolute atomic E-state index is 0.0140. The number of aromatic hydroxyl groups is 2. The predicted molar refractivity (Wildman–Crippen MR) is 128 cm³/mol. The van der Waals surface area contributed by atoms with Crippen molar-refractivity contribution in [3.63, 3.8) is 0 Å². The van der Waals surface area contributed by atoms with Gasteiger partial charge in [-0.1, -0.05) is 37.3 Å². The zero-order valence-electron chi connectivity index (χ0n) is 18.3. The van der Waals surface area contributed by atoms with E-state index in [9.17, 15) is 15.0 Å². The fraction of sp³-hybridized carbons (Fsp3) is 0.192. The fourth-order valence-corrected chi connectivity index (χ4v) is 3.81. The third-order valence-electron chi connectivity index (χ3n) is 5.47. The Morgan fingerprint density at radius 1 is 1.00 bits per heavy atom. The average Bonchev–Trinajstić information content (AvgIpc) is 3.14. The van der Waals surface area contributed by atoms with Crippen molar-refractivity contribution in [3.05, 3.63) is 77.0 Å². The van der Waals surface area contributed by atoms with E-state index in [-0.39, 0.29) is 40.0 Å². The van der Waals surface area contributed by atoms with Crippen LogP contribution in [-0.4, -0.2) is 22.6 Å². The minimum atomic E-state index is -0.354. The fourth-order valence-electron chi connectivity index (χ4n) is 3.81. The first-order valence-corrected chi connectivity index (χ1v) is 10.8. The molecule has 0 saturated heterocycles. The second-order valence-corrected chi connectivity index (χ2v) is 7.88. The number of hydrogen-bond donors (Lipinski definition) is 4. The number of ether oxygens (including phenoxy) is 1. The third-order valence-corrected chi connectivity index (χ3v) is 5.47. The van der Waals surface area contributed by atoms with Crippen LogP contribution in [0.1, 0.15) is 40.6 Å². The molecule has 0 amide bonds. The number of fused-ring (bicyclic) bond motifs is 1. The molecular formula is C26H26N2O5. The highest BCUT2D eigenvalue weighted by molar-refractivity contribution is 6.18. The summed E-state index contributed by atoms with van der Waals surface area (Å²) >= 11 is 0. The van der Waals surface area contributed by atoms with Crippen LogP contribution in [0.3, 0.4) is 0 Å². The Labute approximate surface area is 191 Å². The van der Waals surface area contributed by atoms with Gasteiger partial charge in [0.2, 0.25) is 0 Å². The number of carbonyl (C=O) groups is 1. The summed E-state index contributed by atoms with van der Waals surface area (Å²) in [5.74, 6) is 0.0918. The SMILES string of the molecule is CCCc1oc2cc(OCCc3ccccc3)c(O)cc2c1C(=O)c1cc(N)c(O)c(N)c1. The van der Waals surface area contributed by atoms with Crippen LogP contribution in [0.2, 0.25) is 0 Å². The summed E-state index contributed by atoms with van der Waals surface area (Å²) in [5, 5.41) is 20.9. The molecule has 0 aliphatic heterocycles. The second kappa shape index (κ2) is 9.16. The van der Waals surface area contributed by atoms with Crippen LogP contribution in [0.25, 0.3) is 11.0 Å². The van der Waals surface area contributed by atoms with Crippen molar-refractivity contribution in [1.82, 2.24) is 0 Å². The molecular weight excluding hydrogens is 420 g/mol. The number of nitrogen functional groups attached to an aromatic ring is 2. The van der Waals surface area contributed by atoms with Crippen LogP contribution >= 0.6 is 0 Å². The van der Waals surface area contributed by atoms with Gasteiger partial charge in [0.05, 0.1) is 23.5 Å². The van der Waals surface area contributed by atoms with E-state index in [4.69, 9.17) is 20.6 Å². The molecule has 0 aliphatic carbocycles. The molecule has 0 atom stereocenters. The minimum Gasteiger partial charge on any atom is -0.504 e. The molecule has 0 saturated carbocycles. The highest BCUT2D eigenvalue weighted by Gasteiger charge is 2.24. The van der Waals surface area contributed by atoms with Crippen LogP contribution in [0.15, 0.2) is 59.0 Å². The lowest BCUT2D eigenvalue weighted by molar-refractivity contribution is 0.103. The molecule has 6 N–H and O–H groups in total. The van der Waals surface area contributed by atoms with E-state index in [0.29, 0.717) is 41.7 Å². The number of aryl methyl sites for hydroxylation is 1. The van der Waals surface area contributed by atoms with Crippen molar-refractivity contribution >= 4 is 28.1 Å². The number of rotatable bonds is 8. The molecule has 7 nitrogen and oxygen atoms in total. The van der Waals surface area contributed by atoms with Gasteiger partial charge >= 0.3 is 0 Å². The Balaban J connectivity index is 1.68. The van der Waals surface area contributed by atoms with Gasteiger partial charge in [0.15, 0.2) is 23.0 Å². The standard InChI is InChI=1S/C26H26N2O5/c1-2-6-21-24(25(30)16-11-18(27)26(31)19(28)12-16)17-13-20(29)23(14-22(17)33-21)32-10-9-15-7-4-3-5-8-15/h3-5,7-8,11-14,29,31H,2,6,9-10,27-28H2,1H3. The van der Waals surface area contributed by atoms with E-state index in [1.807, 2.05) is 37.3 Å². The highest BCUT2D eigenvalue weighted by atomic mass is 16.5. The Bertz CT molecular complexity index is 1290. The van der Waals surface area contributed by atoms with Crippen LogP contribution in [0.5, 0.6) is 17.2 Å². The molecule has 0 spiro atoms. The maximum absolute atomic E-state index is 13.4. The maximum atomic E-state index is 13.4. The number of benzene rings is 3. The zero-order valence-corrected chi connectivity index (χ0v) is 18.3. The van der Waals surface area contributed by atoms with Crippen molar-refractivity contribution in [2.75, 3.05) is 18.1 Å². The first kappa shape index (κ1) is 22.1. The Kier molecular flexibility index (Phi) is 6.13. The number of ketones is 1. The normalized spacial score (nSPS) is 11.1. The molecule has 4 rings (SSSR count). The van der Waals surface area contributed by atoms with Crippen molar-refractivity contribution < 1.29 is 24.2 Å². The van der Waals surface area contributed by atoms with Crippen molar-refractivity contribution in [3.8, 4) is 17.2 Å². The molecule has 170 valence electrons. The summed E-state index contributed by atoms with van der Waals surface area (Å²) in [6.45, 7) is 2.36. The van der Waals surface area contributed by atoms with Crippen LogP contribution in [-0.2, 0) is 12.8 Å². The molecule has 0 bridgehead atoms. The lowest BCUT2D eigenvalue weighted by Gasteiger charge is -2.09.